The predicted octanol–water partition coefficient (Wildman–Crippen LogP) is 4.19. The Balaban J connectivity index is 1.35. The molecule has 1 amide bonds. The number of benzene rings is 1. The summed E-state index contributed by atoms with van der Waals surface area (Å²) in [4.78, 5) is 31.5. The first-order chi connectivity index (χ1) is 18.2. The van der Waals surface area contributed by atoms with Crippen LogP contribution in [0.25, 0.3) is 10.9 Å². The number of methoxy groups -OCH3 is 1. The Morgan fingerprint density at radius 2 is 1.95 bits per heavy atom. The van der Waals surface area contributed by atoms with Crippen LogP contribution in [-0.4, -0.2) is 60.3 Å². The molecule has 0 aliphatic carbocycles. The van der Waals surface area contributed by atoms with Gasteiger partial charge in [0.1, 0.15) is 5.75 Å². The van der Waals surface area contributed by atoms with Crippen LogP contribution in [0.1, 0.15) is 60.0 Å². The molecule has 2 fully saturated rings. The number of H-pyrrole nitrogens is 1. The molecule has 1 aromatic carbocycles. The molecule has 0 spiro atoms. The summed E-state index contributed by atoms with van der Waals surface area (Å²) in [6, 6.07) is 10.2. The monoisotopic (exact) mass is 520 g/mol. The molecular weight excluding hydrogens is 480 g/mol. The number of rotatable bonds is 8. The van der Waals surface area contributed by atoms with Crippen molar-refractivity contribution in [2.75, 3.05) is 40.0 Å². The summed E-state index contributed by atoms with van der Waals surface area (Å²) in [7, 11) is 1.53. The minimum atomic E-state index is -0.250. The van der Waals surface area contributed by atoms with Crippen molar-refractivity contribution >= 4 is 16.8 Å². The number of aryl methyl sites for hydroxylation is 1. The molecule has 2 N–H and O–H groups in total. The van der Waals surface area contributed by atoms with Crippen molar-refractivity contribution in [3.8, 4) is 5.75 Å². The molecule has 8 nitrogen and oxygen atoms in total. The van der Waals surface area contributed by atoms with Crippen LogP contribution in [0.3, 0.4) is 0 Å². The van der Waals surface area contributed by atoms with Gasteiger partial charge in [0.2, 0.25) is 0 Å². The van der Waals surface area contributed by atoms with Crippen molar-refractivity contribution in [3.05, 3.63) is 63.2 Å². The minimum absolute atomic E-state index is 0.0918. The van der Waals surface area contributed by atoms with Gasteiger partial charge >= 0.3 is 0 Å². The second-order valence-electron chi connectivity index (χ2n) is 11.5. The fourth-order valence-electron chi connectivity index (χ4n) is 6.38. The Bertz CT molecular complexity index is 1380. The van der Waals surface area contributed by atoms with Crippen molar-refractivity contribution in [3.63, 3.8) is 0 Å². The lowest BCUT2D eigenvalue weighted by molar-refractivity contribution is -0.117. The van der Waals surface area contributed by atoms with Crippen LogP contribution in [0.15, 0.2) is 35.1 Å². The number of aromatic nitrogens is 2. The number of pyridine rings is 1. The zero-order chi connectivity index (χ0) is 27.0. The van der Waals surface area contributed by atoms with Crippen molar-refractivity contribution in [1.82, 2.24) is 19.8 Å². The van der Waals surface area contributed by atoms with Crippen LogP contribution in [0.4, 0.5) is 0 Å². The van der Waals surface area contributed by atoms with Crippen LogP contribution in [-0.2, 0) is 11.3 Å². The summed E-state index contributed by atoms with van der Waals surface area (Å²) in [5, 5.41) is 3.92. The molecule has 2 aromatic heterocycles. The highest BCUT2D eigenvalue weighted by molar-refractivity contribution is 6.08. The zero-order valence-corrected chi connectivity index (χ0v) is 23.2. The summed E-state index contributed by atoms with van der Waals surface area (Å²) in [5.41, 5.74) is 3.90. The van der Waals surface area contributed by atoms with Gasteiger partial charge in [0.15, 0.2) is 0 Å². The van der Waals surface area contributed by atoms with Gasteiger partial charge in [0.25, 0.3) is 11.5 Å². The van der Waals surface area contributed by atoms with Crippen LogP contribution in [0.2, 0.25) is 0 Å². The van der Waals surface area contributed by atoms with Gasteiger partial charge < -0.3 is 29.2 Å². The molecule has 0 unspecified atom stereocenters. The molecule has 38 heavy (non-hydrogen) atoms. The van der Waals surface area contributed by atoms with Gasteiger partial charge in [-0.15, -0.1) is 0 Å². The third-order valence-electron chi connectivity index (χ3n) is 8.49. The average Bonchev–Trinajstić information content (AvgIpc) is 3.18. The molecule has 1 atom stereocenters. The van der Waals surface area contributed by atoms with Gasteiger partial charge in [-0.25, -0.2) is 0 Å². The number of aromatic amines is 1. The third-order valence-corrected chi connectivity index (χ3v) is 8.49. The van der Waals surface area contributed by atoms with Crippen molar-refractivity contribution in [2.45, 2.75) is 53.1 Å². The lowest BCUT2D eigenvalue weighted by Gasteiger charge is -2.44. The van der Waals surface area contributed by atoms with E-state index in [-0.39, 0.29) is 24.1 Å². The Labute approximate surface area is 224 Å². The SMILES string of the molecule is COc1cc(C)[nH]c(=O)c1CNC(=O)c1c(C)n([C@H](C)C2CCN(CC3(C)COC3)CC2)c2ccccc12. The maximum atomic E-state index is 13.6. The van der Waals surface area contributed by atoms with Crippen LogP contribution in [0, 0.1) is 25.2 Å². The third kappa shape index (κ3) is 4.99. The van der Waals surface area contributed by atoms with E-state index in [0.717, 1.165) is 62.3 Å². The first kappa shape index (κ1) is 26.5. The molecule has 3 aromatic rings. The summed E-state index contributed by atoms with van der Waals surface area (Å²) in [5.74, 6) is 0.833. The fourth-order valence-corrected chi connectivity index (χ4v) is 6.38. The second-order valence-corrected chi connectivity index (χ2v) is 11.5. The number of amides is 1. The summed E-state index contributed by atoms with van der Waals surface area (Å²) < 4.78 is 13.2. The van der Waals surface area contributed by atoms with Gasteiger partial charge in [-0.1, -0.05) is 25.1 Å². The van der Waals surface area contributed by atoms with E-state index in [1.165, 1.54) is 7.11 Å². The van der Waals surface area contributed by atoms with E-state index >= 15 is 0 Å². The number of likely N-dealkylation sites (tertiary alicyclic amines) is 1. The van der Waals surface area contributed by atoms with Gasteiger partial charge in [0, 0.05) is 40.3 Å². The second kappa shape index (κ2) is 10.6. The maximum absolute atomic E-state index is 13.6. The molecule has 2 aliphatic rings. The van der Waals surface area contributed by atoms with E-state index in [1.54, 1.807) is 13.0 Å². The number of piperidine rings is 1. The van der Waals surface area contributed by atoms with Crippen LogP contribution >= 0.6 is 0 Å². The molecule has 4 heterocycles. The van der Waals surface area contributed by atoms with Crippen molar-refractivity contribution in [1.29, 1.82) is 0 Å². The maximum Gasteiger partial charge on any atom is 0.256 e. The van der Waals surface area contributed by atoms with E-state index in [9.17, 15) is 9.59 Å². The molecule has 2 saturated heterocycles. The predicted molar refractivity (Wildman–Crippen MR) is 149 cm³/mol. The Hall–Kier alpha value is -3.10. The number of fused-ring (bicyclic) bond motifs is 1. The largest absolute Gasteiger partial charge is 0.496 e. The van der Waals surface area contributed by atoms with E-state index in [1.807, 2.05) is 25.1 Å². The van der Waals surface area contributed by atoms with Crippen LogP contribution in [0.5, 0.6) is 5.75 Å². The lowest BCUT2D eigenvalue weighted by atomic mass is 9.85. The topological polar surface area (TPSA) is 88.6 Å². The zero-order valence-electron chi connectivity index (χ0n) is 23.2. The standard InChI is InChI=1S/C30H40N4O4/c1-19-14-26(37-5)24(28(35)32-19)15-31-29(36)27-21(3)34(25-9-7-6-8-23(25)27)20(2)22-10-12-33(13-11-22)16-30(4)17-38-18-30/h6-9,14,20,22H,10-13,15-18H2,1-5H3,(H,31,36)(H,32,35)/t20-/m1/s1. The van der Waals surface area contributed by atoms with Gasteiger partial charge in [-0.2, -0.15) is 0 Å². The number of carbonyl (C=O) groups is 1. The Kier molecular flexibility index (Phi) is 7.38. The van der Waals surface area contributed by atoms with Gasteiger partial charge in [-0.3, -0.25) is 9.59 Å². The van der Waals surface area contributed by atoms with Crippen molar-refractivity contribution < 1.29 is 14.3 Å². The van der Waals surface area contributed by atoms with Crippen molar-refractivity contribution in [2.24, 2.45) is 11.3 Å². The smallest absolute Gasteiger partial charge is 0.256 e. The highest BCUT2D eigenvalue weighted by Gasteiger charge is 2.37. The summed E-state index contributed by atoms with van der Waals surface area (Å²) in [6.07, 6.45) is 2.28. The molecule has 8 heteroatoms. The normalized spacial score (nSPS) is 18.8. The number of nitrogens with zero attached hydrogens (tertiary/aromatic N) is 2. The lowest BCUT2D eigenvalue weighted by Crippen LogP contribution is -2.50. The molecule has 204 valence electrons. The quantitative estimate of drug-likeness (QED) is 0.465. The number of hydrogen-bond donors (Lipinski definition) is 2. The number of nitrogens with one attached hydrogen (secondary N) is 2. The molecule has 0 radical (unpaired) electrons. The Morgan fingerprint density at radius 1 is 1.24 bits per heavy atom. The van der Waals surface area contributed by atoms with Gasteiger partial charge in [0.05, 0.1) is 38.0 Å². The molecule has 0 saturated carbocycles. The minimum Gasteiger partial charge on any atom is -0.496 e. The van der Waals surface area contributed by atoms with E-state index in [2.05, 4.69) is 39.7 Å². The average molecular weight is 521 g/mol. The molecule has 5 rings (SSSR count). The number of para-hydroxylation sites is 1. The first-order valence-electron chi connectivity index (χ1n) is 13.7. The number of ether oxygens (including phenoxy) is 2. The van der Waals surface area contributed by atoms with E-state index in [4.69, 9.17) is 9.47 Å². The van der Waals surface area contributed by atoms with Gasteiger partial charge in [-0.05, 0) is 64.8 Å². The highest BCUT2D eigenvalue weighted by atomic mass is 16.5. The highest BCUT2D eigenvalue weighted by Crippen LogP contribution is 2.37. The summed E-state index contributed by atoms with van der Waals surface area (Å²) in [6.45, 7) is 13.6. The number of hydrogen-bond acceptors (Lipinski definition) is 5. The van der Waals surface area contributed by atoms with E-state index < -0.39 is 0 Å². The molecule has 0 bridgehead atoms. The van der Waals surface area contributed by atoms with E-state index in [0.29, 0.717) is 33.9 Å². The first-order valence-corrected chi connectivity index (χ1v) is 13.7. The Morgan fingerprint density at radius 3 is 2.61 bits per heavy atom. The number of carbonyl (C=O) groups excluding carboxylic acids is 1. The fraction of sp³-hybridized carbons (Fsp3) is 0.533. The molecular formula is C30H40N4O4. The summed E-state index contributed by atoms with van der Waals surface area (Å²) >= 11 is 0. The van der Waals surface area contributed by atoms with Crippen LogP contribution < -0.4 is 15.6 Å². The molecule has 2 aliphatic heterocycles.